The SMILES string of the molecule is CCN(C)C(=O)C(C)Nc1ccccc1S(=O)(=O)NC. The maximum Gasteiger partial charge on any atom is 0.244 e. The van der Waals surface area contributed by atoms with Gasteiger partial charge in [0.1, 0.15) is 10.9 Å². The minimum atomic E-state index is -3.56. The number of likely N-dealkylation sites (N-methyl/N-ethyl adjacent to an activating group) is 1. The number of carbonyl (C=O) groups is 1. The number of nitrogens with zero attached hydrogens (tertiary/aromatic N) is 1. The number of hydrogen-bond donors (Lipinski definition) is 2. The Kier molecular flexibility index (Phi) is 5.52. The van der Waals surface area contributed by atoms with E-state index >= 15 is 0 Å². The molecule has 112 valence electrons. The van der Waals surface area contributed by atoms with Crippen molar-refractivity contribution in [2.24, 2.45) is 0 Å². The molecule has 0 spiro atoms. The van der Waals surface area contributed by atoms with Gasteiger partial charge in [0.15, 0.2) is 0 Å². The summed E-state index contributed by atoms with van der Waals surface area (Å²) in [5, 5.41) is 2.96. The van der Waals surface area contributed by atoms with Gasteiger partial charge in [0.2, 0.25) is 15.9 Å². The number of carbonyl (C=O) groups excluding carboxylic acids is 1. The van der Waals surface area contributed by atoms with Crippen molar-refractivity contribution in [2.75, 3.05) is 26.0 Å². The van der Waals surface area contributed by atoms with Crippen molar-refractivity contribution in [3.8, 4) is 0 Å². The van der Waals surface area contributed by atoms with Crippen molar-refractivity contribution >= 4 is 21.6 Å². The van der Waals surface area contributed by atoms with Gasteiger partial charge in [-0.1, -0.05) is 12.1 Å². The molecule has 1 rings (SSSR count). The van der Waals surface area contributed by atoms with Crippen LogP contribution in [-0.4, -0.2) is 45.9 Å². The van der Waals surface area contributed by atoms with E-state index in [0.717, 1.165) is 0 Å². The summed E-state index contributed by atoms with van der Waals surface area (Å²) in [4.78, 5) is 13.7. The predicted molar refractivity (Wildman–Crippen MR) is 79.1 cm³/mol. The van der Waals surface area contributed by atoms with E-state index in [1.54, 1.807) is 37.1 Å². The molecule has 20 heavy (non-hydrogen) atoms. The lowest BCUT2D eigenvalue weighted by Crippen LogP contribution is -2.39. The Morgan fingerprint density at radius 2 is 1.95 bits per heavy atom. The molecule has 7 heteroatoms. The Labute approximate surface area is 120 Å². The van der Waals surface area contributed by atoms with Crippen LogP contribution < -0.4 is 10.0 Å². The normalized spacial score (nSPS) is 12.8. The van der Waals surface area contributed by atoms with Crippen LogP contribution in [-0.2, 0) is 14.8 Å². The fourth-order valence-corrected chi connectivity index (χ4v) is 2.61. The maximum atomic E-state index is 12.0. The molecular formula is C13H21N3O3S. The summed E-state index contributed by atoms with van der Waals surface area (Å²) >= 11 is 0. The quantitative estimate of drug-likeness (QED) is 0.817. The van der Waals surface area contributed by atoms with Crippen molar-refractivity contribution in [2.45, 2.75) is 24.8 Å². The molecule has 1 aromatic carbocycles. The first-order valence-corrected chi connectivity index (χ1v) is 7.86. The third-order valence-corrected chi connectivity index (χ3v) is 4.51. The highest BCUT2D eigenvalue weighted by molar-refractivity contribution is 7.89. The van der Waals surface area contributed by atoms with Gasteiger partial charge in [0.05, 0.1) is 5.69 Å². The number of anilines is 1. The van der Waals surface area contributed by atoms with E-state index in [0.29, 0.717) is 12.2 Å². The lowest BCUT2D eigenvalue weighted by Gasteiger charge is -2.22. The summed E-state index contributed by atoms with van der Waals surface area (Å²) in [6, 6.07) is 5.99. The predicted octanol–water partition coefficient (Wildman–Crippen LogP) is 0.873. The van der Waals surface area contributed by atoms with E-state index in [9.17, 15) is 13.2 Å². The fourth-order valence-electron chi connectivity index (χ4n) is 1.71. The van der Waals surface area contributed by atoms with Gasteiger partial charge in [-0.15, -0.1) is 0 Å². The Morgan fingerprint density at radius 1 is 1.35 bits per heavy atom. The van der Waals surface area contributed by atoms with Gasteiger partial charge in [0, 0.05) is 13.6 Å². The zero-order valence-electron chi connectivity index (χ0n) is 12.2. The molecule has 0 aliphatic rings. The second kappa shape index (κ2) is 6.71. The molecule has 0 fully saturated rings. The topological polar surface area (TPSA) is 78.5 Å². The number of hydrogen-bond acceptors (Lipinski definition) is 4. The first kappa shape index (κ1) is 16.5. The van der Waals surface area contributed by atoms with Crippen LogP contribution in [0.4, 0.5) is 5.69 Å². The average Bonchev–Trinajstić information content (AvgIpc) is 2.45. The monoisotopic (exact) mass is 299 g/mol. The molecule has 0 aromatic heterocycles. The van der Waals surface area contributed by atoms with E-state index in [1.807, 2.05) is 6.92 Å². The van der Waals surface area contributed by atoms with Gasteiger partial charge in [0.25, 0.3) is 0 Å². The van der Waals surface area contributed by atoms with Crippen molar-refractivity contribution in [3.05, 3.63) is 24.3 Å². The van der Waals surface area contributed by atoms with Crippen LogP contribution in [0.25, 0.3) is 0 Å². The second-order valence-corrected chi connectivity index (χ2v) is 6.28. The van der Waals surface area contributed by atoms with Crippen LogP contribution in [0, 0.1) is 0 Å². The summed E-state index contributed by atoms with van der Waals surface area (Å²) in [7, 11) is -0.506. The highest BCUT2D eigenvalue weighted by Gasteiger charge is 2.21. The van der Waals surface area contributed by atoms with E-state index < -0.39 is 16.1 Å². The standard InChI is InChI=1S/C13H21N3O3S/c1-5-16(4)13(17)10(2)15-11-8-6-7-9-12(11)20(18,19)14-3/h6-10,14-15H,5H2,1-4H3. The summed E-state index contributed by atoms with van der Waals surface area (Å²) in [6.45, 7) is 4.18. The van der Waals surface area contributed by atoms with Crippen LogP contribution in [0.5, 0.6) is 0 Å². The van der Waals surface area contributed by atoms with Crippen LogP contribution in [0.2, 0.25) is 0 Å². The van der Waals surface area contributed by atoms with E-state index in [-0.39, 0.29) is 10.8 Å². The van der Waals surface area contributed by atoms with Crippen LogP contribution in [0.3, 0.4) is 0 Å². The number of nitrogens with one attached hydrogen (secondary N) is 2. The van der Waals surface area contributed by atoms with Gasteiger partial charge in [-0.2, -0.15) is 0 Å². The first-order chi connectivity index (χ1) is 9.33. The van der Waals surface area contributed by atoms with Gasteiger partial charge in [-0.3, -0.25) is 4.79 Å². The van der Waals surface area contributed by atoms with Crippen molar-refractivity contribution in [1.29, 1.82) is 0 Å². The van der Waals surface area contributed by atoms with Crippen molar-refractivity contribution in [1.82, 2.24) is 9.62 Å². The molecule has 0 saturated carbocycles. The smallest absolute Gasteiger partial charge is 0.244 e. The lowest BCUT2D eigenvalue weighted by atomic mass is 10.2. The Balaban J connectivity index is 3.02. The molecule has 1 atom stereocenters. The van der Waals surface area contributed by atoms with E-state index in [2.05, 4.69) is 10.0 Å². The number of para-hydroxylation sites is 1. The Morgan fingerprint density at radius 3 is 2.50 bits per heavy atom. The van der Waals surface area contributed by atoms with Gasteiger partial charge >= 0.3 is 0 Å². The highest BCUT2D eigenvalue weighted by Crippen LogP contribution is 2.21. The summed E-state index contributed by atoms with van der Waals surface area (Å²) in [6.07, 6.45) is 0. The third-order valence-electron chi connectivity index (χ3n) is 3.04. The van der Waals surface area contributed by atoms with Crippen LogP contribution in [0.15, 0.2) is 29.2 Å². The molecule has 0 heterocycles. The molecule has 1 unspecified atom stereocenters. The third kappa shape index (κ3) is 3.71. The first-order valence-electron chi connectivity index (χ1n) is 6.37. The summed E-state index contributed by atoms with van der Waals surface area (Å²) in [5.41, 5.74) is 0.409. The molecule has 0 bridgehead atoms. The molecule has 1 aromatic rings. The number of sulfonamides is 1. The van der Waals surface area contributed by atoms with Gasteiger partial charge in [-0.05, 0) is 33.0 Å². The van der Waals surface area contributed by atoms with Crippen molar-refractivity contribution < 1.29 is 13.2 Å². The van der Waals surface area contributed by atoms with E-state index in [4.69, 9.17) is 0 Å². The fraction of sp³-hybridized carbons (Fsp3) is 0.462. The zero-order chi connectivity index (χ0) is 15.3. The van der Waals surface area contributed by atoms with Gasteiger partial charge < -0.3 is 10.2 Å². The second-order valence-electron chi connectivity index (χ2n) is 4.42. The molecular weight excluding hydrogens is 278 g/mol. The average molecular weight is 299 g/mol. The molecule has 6 nitrogen and oxygen atoms in total. The minimum absolute atomic E-state index is 0.0934. The number of rotatable bonds is 6. The summed E-state index contributed by atoms with van der Waals surface area (Å²) < 4.78 is 26.1. The minimum Gasteiger partial charge on any atom is -0.373 e. The molecule has 0 radical (unpaired) electrons. The summed E-state index contributed by atoms with van der Waals surface area (Å²) in [5.74, 6) is -0.0934. The van der Waals surface area contributed by atoms with Crippen LogP contribution in [0.1, 0.15) is 13.8 Å². The zero-order valence-corrected chi connectivity index (χ0v) is 13.0. The Hall–Kier alpha value is -1.60. The molecule has 0 saturated heterocycles. The van der Waals surface area contributed by atoms with Crippen LogP contribution >= 0.6 is 0 Å². The Bertz CT molecular complexity index is 572. The molecule has 0 aliphatic heterocycles. The molecule has 0 aliphatic carbocycles. The number of amides is 1. The highest BCUT2D eigenvalue weighted by atomic mass is 32.2. The largest absolute Gasteiger partial charge is 0.373 e. The van der Waals surface area contributed by atoms with Gasteiger partial charge in [-0.25, -0.2) is 13.1 Å². The van der Waals surface area contributed by atoms with E-state index in [1.165, 1.54) is 13.1 Å². The maximum absolute atomic E-state index is 12.0. The lowest BCUT2D eigenvalue weighted by molar-refractivity contribution is -0.130. The van der Waals surface area contributed by atoms with Crippen molar-refractivity contribution in [3.63, 3.8) is 0 Å². The number of benzene rings is 1. The molecule has 1 amide bonds. The molecule has 2 N–H and O–H groups in total.